The van der Waals surface area contributed by atoms with Crippen molar-refractivity contribution in [1.82, 2.24) is 9.80 Å². The van der Waals surface area contributed by atoms with Crippen LogP contribution in [0.5, 0.6) is 0 Å². The Morgan fingerprint density at radius 3 is 2.24 bits per heavy atom. The molecule has 0 aromatic heterocycles. The van der Waals surface area contributed by atoms with E-state index in [0.717, 1.165) is 37.9 Å². The number of hydrogen-bond donors (Lipinski definition) is 2. The molecule has 8 heteroatoms. The fourth-order valence-electron chi connectivity index (χ4n) is 4.38. The number of rotatable bonds is 7. The van der Waals surface area contributed by atoms with Crippen LogP contribution in [0.1, 0.15) is 23.7 Å². The minimum absolute atomic E-state index is 0. The molecule has 2 fully saturated rings. The number of likely N-dealkylation sites (tertiary alicyclic amines) is 2. The van der Waals surface area contributed by atoms with Gasteiger partial charge in [-0.25, -0.2) is 8.42 Å². The van der Waals surface area contributed by atoms with Crippen LogP contribution in [-0.2, 0) is 16.6 Å². The third-order valence-corrected chi connectivity index (χ3v) is 6.31. The predicted octanol–water partition coefficient (Wildman–Crippen LogP) is 1.23. The molecule has 2 bridgehead atoms. The molecule has 2 aliphatic rings. The van der Waals surface area contributed by atoms with Crippen LogP contribution in [0, 0.1) is 0 Å². The Morgan fingerprint density at radius 2 is 1.66 bits per heavy atom. The molecule has 7 nitrogen and oxygen atoms in total. The van der Waals surface area contributed by atoms with Crippen LogP contribution in [-0.4, -0.2) is 66.8 Å². The molecule has 0 amide bonds. The lowest BCUT2D eigenvalue weighted by molar-refractivity contribution is 0.0670. The molecular formula is C21H29N3O4S. The van der Waals surface area contributed by atoms with E-state index in [4.69, 9.17) is 0 Å². The number of piperazine rings is 1. The zero-order valence-electron chi connectivity index (χ0n) is 16.5. The van der Waals surface area contributed by atoms with E-state index in [-0.39, 0.29) is 5.48 Å². The summed E-state index contributed by atoms with van der Waals surface area (Å²) in [7, 11) is -3.29. The monoisotopic (exact) mass is 419 g/mol. The van der Waals surface area contributed by atoms with Gasteiger partial charge in [-0.3, -0.25) is 14.5 Å². The second-order valence-electron chi connectivity index (χ2n) is 7.92. The Balaban J connectivity index is 0.00000240. The summed E-state index contributed by atoms with van der Waals surface area (Å²) in [6, 6.07) is 18.6. The van der Waals surface area contributed by atoms with Gasteiger partial charge in [0, 0.05) is 44.0 Å². The highest BCUT2D eigenvalue weighted by Gasteiger charge is 2.43. The van der Waals surface area contributed by atoms with Gasteiger partial charge in [0.15, 0.2) is 0 Å². The SMILES string of the molecule is CS(=O)(=O)Nc1ccc(C(O)CN2CC3CC2CN3Cc2ccccc2)cc1.O. The third kappa shape index (κ3) is 5.34. The number of anilines is 1. The van der Waals surface area contributed by atoms with Crippen LogP contribution >= 0.6 is 0 Å². The number of benzene rings is 2. The van der Waals surface area contributed by atoms with Crippen molar-refractivity contribution >= 4 is 15.7 Å². The largest absolute Gasteiger partial charge is 0.412 e. The highest BCUT2D eigenvalue weighted by atomic mass is 32.2. The number of nitrogens with zero attached hydrogens (tertiary/aromatic N) is 2. The van der Waals surface area contributed by atoms with Gasteiger partial charge in [-0.05, 0) is 29.7 Å². The van der Waals surface area contributed by atoms with Crippen LogP contribution in [0.4, 0.5) is 5.69 Å². The Labute approximate surface area is 172 Å². The minimum Gasteiger partial charge on any atom is -0.412 e. The van der Waals surface area contributed by atoms with E-state index in [1.165, 1.54) is 5.56 Å². The number of aliphatic hydroxyl groups is 1. The highest BCUT2D eigenvalue weighted by molar-refractivity contribution is 7.92. The Bertz CT molecular complexity index is 905. The lowest BCUT2D eigenvalue weighted by atomic mass is 10.1. The van der Waals surface area contributed by atoms with E-state index in [1.807, 2.05) is 6.07 Å². The molecule has 3 atom stereocenters. The maximum atomic E-state index is 11.3. The fraction of sp³-hybridized carbons (Fsp3) is 0.429. The lowest BCUT2D eigenvalue weighted by Crippen LogP contribution is -2.47. The highest BCUT2D eigenvalue weighted by Crippen LogP contribution is 2.33. The third-order valence-electron chi connectivity index (χ3n) is 5.70. The van der Waals surface area contributed by atoms with Crippen molar-refractivity contribution in [2.24, 2.45) is 0 Å². The summed E-state index contributed by atoms with van der Waals surface area (Å²) < 4.78 is 25.0. The standard InChI is InChI=1S/C21H27N3O3S.H2O/c1-28(26,27)22-18-9-7-17(8-10-18)21(25)15-24-14-19-11-20(24)13-23(19)12-16-5-3-2-4-6-16;/h2-10,19-22,25H,11-15H2,1H3;1H2. The molecule has 2 heterocycles. The van der Waals surface area contributed by atoms with Gasteiger partial charge in [0.25, 0.3) is 0 Å². The number of nitrogens with one attached hydrogen (secondary N) is 1. The molecule has 4 rings (SSSR count). The van der Waals surface area contributed by atoms with Crippen LogP contribution in [0.2, 0.25) is 0 Å². The summed E-state index contributed by atoms with van der Waals surface area (Å²) in [4.78, 5) is 4.94. The van der Waals surface area contributed by atoms with E-state index < -0.39 is 16.1 Å². The molecule has 4 N–H and O–H groups in total. The maximum absolute atomic E-state index is 11.3. The Hall–Kier alpha value is -1.97. The van der Waals surface area contributed by atoms with E-state index in [0.29, 0.717) is 24.3 Å². The fourth-order valence-corrected chi connectivity index (χ4v) is 4.95. The quantitative estimate of drug-likeness (QED) is 0.702. The number of aliphatic hydroxyl groups excluding tert-OH is 1. The summed E-state index contributed by atoms with van der Waals surface area (Å²) in [6.07, 6.45) is 1.71. The summed E-state index contributed by atoms with van der Waals surface area (Å²) in [6.45, 7) is 3.64. The first-order chi connectivity index (χ1) is 13.4. The van der Waals surface area contributed by atoms with Crippen molar-refractivity contribution in [3.05, 3.63) is 65.7 Å². The molecule has 2 saturated heterocycles. The van der Waals surface area contributed by atoms with Gasteiger partial charge in [0.1, 0.15) is 0 Å². The summed E-state index contributed by atoms with van der Waals surface area (Å²) in [5, 5.41) is 10.6. The Morgan fingerprint density at radius 1 is 1.03 bits per heavy atom. The molecule has 0 aliphatic carbocycles. The first-order valence-corrected chi connectivity index (χ1v) is 11.5. The Kier molecular flexibility index (Phi) is 6.60. The average Bonchev–Trinajstić information content (AvgIpc) is 3.22. The van der Waals surface area contributed by atoms with E-state index in [9.17, 15) is 13.5 Å². The number of hydrogen-bond acceptors (Lipinski definition) is 5. The first-order valence-electron chi connectivity index (χ1n) is 9.65. The van der Waals surface area contributed by atoms with Gasteiger partial charge in [0.05, 0.1) is 12.4 Å². The van der Waals surface area contributed by atoms with E-state index in [1.54, 1.807) is 24.3 Å². The van der Waals surface area contributed by atoms with Crippen molar-refractivity contribution < 1.29 is 19.0 Å². The molecule has 3 unspecified atom stereocenters. The van der Waals surface area contributed by atoms with Crippen LogP contribution in [0.15, 0.2) is 54.6 Å². The van der Waals surface area contributed by atoms with Crippen molar-refractivity contribution in [2.75, 3.05) is 30.6 Å². The maximum Gasteiger partial charge on any atom is 0.229 e. The number of fused-ring (bicyclic) bond motifs is 2. The molecule has 2 aliphatic heterocycles. The molecule has 2 aromatic carbocycles. The number of β-amino-alcohol motifs (C(OH)–C–C–N with tert-alkyl or cyclic N) is 1. The van der Waals surface area contributed by atoms with Gasteiger partial charge >= 0.3 is 0 Å². The van der Waals surface area contributed by atoms with Crippen LogP contribution in [0.3, 0.4) is 0 Å². The summed E-state index contributed by atoms with van der Waals surface area (Å²) in [5.41, 5.74) is 2.67. The lowest BCUT2D eigenvalue weighted by Gasteiger charge is -2.35. The zero-order valence-corrected chi connectivity index (χ0v) is 17.3. The van der Waals surface area contributed by atoms with Crippen molar-refractivity contribution in [3.63, 3.8) is 0 Å². The molecular weight excluding hydrogens is 390 g/mol. The van der Waals surface area contributed by atoms with Gasteiger partial charge in [0.2, 0.25) is 10.0 Å². The normalized spacial score (nSPS) is 23.0. The topological polar surface area (TPSA) is 104 Å². The average molecular weight is 420 g/mol. The van der Waals surface area contributed by atoms with Gasteiger partial charge in [-0.1, -0.05) is 42.5 Å². The van der Waals surface area contributed by atoms with Crippen LogP contribution < -0.4 is 4.72 Å². The molecule has 2 aromatic rings. The number of sulfonamides is 1. The smallest absolute Gasteiger partial charge is 0.229 e. The summed E-state index contributed by atoms with van der Waals surface area (Å²) in [5.74, 6) is 0. The van der Waals surface area contributed by atoms with Crippen molar-refractivity contribution in [3.8, 4) is 0 Å². The van der Waals surface area contributed by atoms with Crippen molar-refractivity contribution in [2.45, 2.75) is 31.2 Å². The first kappa shape index (κ1) is 21.7. The van der Waals surface area contributed by atoms with E-state index in [2.05, 4.69) is 38.8 Å². The zero-order chi connectivity index (χ0) is 19.7. The minimum atomic E-state index is -3.29. The second kappa shape index (κ2) is 8.81. The second-order valence-corrected chi connectivity index (χ2v) is 9.67. The predicted molar refractivity (Wildman–Crippen MR) is 114 cm³/mol. The van der Waals surface area contributed by atoms with Gasteiger partial charge in [-0.15, -0.1) is 0 Å². The molecule has 158 valence electrons. The molecule has 0 spiro atoms. The molecule has 0 saturated carbocycles. The van der Waals surface area contributed by atoms with Gasteiger partial charge < -0.3 is 10.6 Å². The van der Waals surface area contributed by atoms with Crippen LogP contribution in [0.25, 0.3) is 0 Å². The molecule has 0 radical (unpaired) electrons. The van der Waals surface area contributed by atoms with Gasteiger partial charge in [-0.2, -0.15) is 0 Å². The summed E-state index contributed by atoms with van der Waals surface area (Å²) >= 11 is 0. The molecule has 29 heavy (non-hydrogen) atoms. The van der Waals surface area contributed by atoms with E-state index >= 15 is 0 Å². The van der Waals surface area contributed by atoms with Crippen molar-refractivity contribution in [1.29, 1.82) is 0 Å².